The van der Waals surface area contributed by atoms with Crippen LogP contribution in [0, 0.1) is 42.9 Å². The first kappa shape index (κ1) is 81.9. The molecule has 2 atom stereocenters. The van der Waals surface area contributed by atoms with Gasteiger partial charge in [-0.25, -0.2) is 40.2 Å². The van der Waals surface area contributed by atoms with Crippen LogP contribution in [0.4, 0.5) is 51.3 Å². The summed E-state index contributed by atoms with van der Waals surface area (Å²) in [6.45, 7) is 11.4. The quantitative estimate of drug-likeness (QED) is 0.00942. The molecule has 7 N–H and O–H groups in total. The minimum absolute atomic E-state index is 0. The molecule has 483 valence electrons. The number of benzene rings is 3. The fourth-order valence-electron chi connectivity index (χ4n) is 4.34. The Hall–Kier alpha value is -6.18. The molecule has 43 heteroatoms. The minimum Gasteiger partial charge on any atom is -0.361 e. The molecule has 0 bridgehead atoms. The van der Waals surface area contributed by atoms with Crippen molar-refractivity contribution >= 4 is 124 Å². The van der Waals surface area contributed by atoms with Gasteiger partial charge in [0, 0.05) is 32.3 Å². The van der Waals surface area contributed by atoms with Crippen LogP contribution in [0.3, 0.4) is 0 Å². The maximum atomic E-state index is 10.7. The number of aromatic nitrogens is 9. The van der Waals surface area contributed by atoms with Crippen LogP contribution < -0.4 is 11.0 Å². The number of quaternary nitrogens is 1. The Morgan fingerprint density at radius 2 is 1.33 bits per heavy atom. The topological polar surface area (TPSA) is 423 Å². The van der Waals surface area contributed by atoms with Crippen molar-refractivity contribution in [1.82, 2.24) is 50.8 Å². The first-order chi connectivity index (χ1) is 41.3. The summed E-state index contributed by atoms with van der Waals surface area (Å²) >= 11 is 4.29. The van der Waals surface area contributed by atoms with Crippen molar-refractivity contribution in [2.45, 2.75) is 51.1 Å². The number of halogens is 12. The molecule has 1 aliphatic heterocycles. The molecule has 0 saturated carbocycles. The first-order valence-electron chi connectivity index (χ1n) is 23.4. The number of nitrogens with one attached hydrogen (secondary N) is 4. The number of para-hydroxylation sites is 3. The largest absolute Gasteiger partial charge is 0.361 e. The number of H-pyrrole nitrogens is 3. The van der Waals surface area contributed by atoms with Crippen LogP contribution >= 0.6 is 64.9 Å². The molecule has 7 aromatic rings. The molecule has 5 heterocycles. The van der Waals surface area contributed by atoms with Crippen LogP contribution in [-0.2, 0) is 30.4 Å². The van der Waals surface area contributed by atoms with Crippen LogP contribution in [0.1, 0.15) is 41.7 Å². The predicted molar refractivity (Wildman–Crippen MR) is 324 cm³/mol. The molecule has 0 aliphatic carbocycles. The SMILES string of the molecule is C.C.N#CC[NH+]1CCCC1.O=S(=O)([O-])C(F)(F)F.O=S(=O)([O-])C(F)(F)F.O=S(=O)([O-])C(F)(F)F.O=[N+]([O-])c1ncn[nH]1.[2H]Cl.[3H]C(C)P.[3H]I(C)c1ccccc1.[3H]N.[3H][B]I.[C-]#[N+]c1[nH]cnc1C#N.c1ccc(-n2ccnc2)cc1.c1ccc2[nH]cnc2c1. The van der Waals surface area contributed by atoms with Gasteiger partial charge in [-0.3, -0.25) is 4.98 Å². The van der Waals surface area contributed by atoms with E-state index in [1.807, 2.05) is 123 Å². The third kappa shape index (κ3) is 44.3. The first-order valence-corrected chi connectivity index (χ1v) is 30.3. The van der Waals surface area contributed by atoms with Crippen LogP contribution in [0.5, 0.6) is 0 Å². The van der Waals surface area contributed by atoms with Gasteiger partial charge < -0.3 is 49.2 Å². The number of likely N-dealkylation sites (tertiary alicyclic amines) is 1. The van der Waals surface area contributed by atoms with Crippen LogP contribution in [0.2, 0.25) is 1.41 Å². The molecular weight excluding hydrogens is 1500 g/mol. The molecule has 1 saturated heterocycles. The van der Waals surface area contributed by atoms with Crippen molar-refractivity contribution in [1.29, 1.82) is 13.6 Å². The van der Waals surface area contributed by atoms with Gasteiger partial charge in [-0.1, -0.05) is 68.8 Å². The van der Waals surface area contributed by atoms with Crippen molar-refractivity contribution in [3.05, 3.63) is 153 Å². The maximum Gasteiger partial charge on any atom is 0.265 e. The third-order valence-corrected chi connectivity index (χ3v) is 11.4. The van der Waals surface area contributed by atoms with Crippen molar-refractivity contribution < 1.29 is 91.0 Å². The molecule has 1 radical (unpaired) electrons. The second kappa shape index (κ2) is 49.9. The Morgan fingerprint density at radius 1 is 0.895 bits per heavy atom. The zero-order valence-electron chi connectivity index (χ0n) is 47.6. The van der Waals surface area contributed by atoms with E-state index in [9.17, 15) is 49.6 Å². The Bertz CT molecular complexity index is 3250. The van der Waals surface area contributed by atoms with E-state index >= 15 is 0 Å². The Balaban J connectivity index is -0.000000171. The minimum atomic E-state index is -6.09. The average Bonchev–Trinajstić information content (AvgIpc) is 3.88. The molecule has 8 rings (SSSR count). The summed E-state index contributed by atoms with van der Waals surface area (Å²) in [5.74, 6) is -0.123. The smallest absolute Gasteiger partial charge is 0.265 e. The van der Waals surface area contributed by atoms with Crippen molar-refractivity contribution in [3.8, 4) is 17.8 Å². The van der Waals surface area contributed by atoms with E-state index in [2.05, 4.69) is 78.7 Å². The number of imidazole rings is 3. The molecule has 1 fully saturated rings. The van der Waals surface area contributed by atoms with Crippen LogP contribution in [0.25, 0.3) is 21.6 Å². The normalized spacial score (nSPS) is 12.1. The second-order valence-electron chi connectivity index (χ2n) is 13.4. The number of hydrogen-bond donors (Lipinski definition) is 5. The molecule has 86 heavy (non-hydrogen) atoms. The summed E-state index contributed by atoms with van der Waals surface area (Å²) in [4.78, 5) is 36.0. The summed E-state index contributed by atoms with van der Waals surface area (Å²) in [6.07, 6.45) is 16.0. The van der Waals surface area contributed by atoms with Crippen LogP contribution in [-0.4, -0.2) is 144 Å². The van der Waals surface area contributed by atoms with Gasteiger partial charge in [0.25, 0.3) is 5.82 Å². The standard InChI is InChI=1S/C9H8N2.C7H9I.C7H6N2.C6H10N2.C5H2N4.C2H2N4O2.C2H7P.3CHF3O3S.2CH4.BHI.ClH.H3N/c1-2-4-9(5-3-1)11-7-6-10-8-11;1-8-7-5-3-2-4-6-7;1-2-4-7-6(3-1)8-5-9-7;7-3-6-8-4-1-2-5-8;1-7-5-4(2-6)8-3-9-5;7-6(8)2-3-1-4-5-2;1-2-3;3*2-1(3,4)8(5,6)7;;;1-2;;/h1-8H;2-6,8H,1H3;1-5H,(H,8,9);1-2,4-6H2;3H,(H,8,9);1H,(H,3,4,5);2-3H2,1H3;3*(H,5,6,7);2*1H4;1H;1H;1H3/p-2/i;8T;;;;;2T;;;;;;1T;;/hTD. The summed E-state index contributed by atoms with van der Waals surface area (Å²) in [7, 11) is -15.9. The zero-order valence-corrected chi connectivity index (χ0v) is 51.3. The van der Waals surface area contributed by atoms with Gasteiger partial charge in [-0.15, -0.1) is 26.7 Å². The fourth-order valence-corrected chi connectivity index (χ4v) is 5.47. The van der Waals surface area contributed by atoms with Gasteiger partial charge in [0.15, 0.2) is 54.6 Å². The van der Waals surface area contributed by atoms with Crippen molar-refractivity contribution in [3.63, 3.8) is 0 Å². The molecule has 3 aromatic carbocycles. The van der Waals surface area contributed by atoms with E-state index in [1.165, 1.54) is 46.4 Å². The van der Waals surface area contributed by atoms with Gasteiger partial charge in [0.1, 0.15) is 14.7 Å². The van der Waals surface area contributed by atoms with Gasteiger partial charge >= 0.3 is 82.9 Å². The van der Waals surface area contributed by atoms with Crippen molar-refractivity contribution in [2.75, 3.05) is 30.7 Å². The third-order valence-electron chi connectivity index (χ3n) is 7.74. The molecule has 26 nitrogen and oxygen atoms in total. The summed E-state index contributed by atoms with van der Waals surface area (Å²) in [5.41, 5.74) is -12.3. The second-order valence-corrected chi connectivity index (χ2v) is 20.5. The summed E-state index contributed by atoms with van der Waals surface area (Å²) in [5, 5.41) is 31.6. The molecule has 0 spiro atoms. The Labute approximate surface area is 529 Å². The number of rotatable bonds is 4. The number of fused-ring (bicyclic) bond motifs is 1. The Morgan fingerprint density at radius 3 is 1.64 bits per heavy atom. The van der Waals surface area contributed by atoms with E-state index in [0.29, 0.717) is 6.54 Å². The number of aromatic amines is 3. The fraction of sp³-hybridized carbons (Fsp3) is 0.302. The number of hydrogen-bond acceptors (Lipinski definition) is 19. The van der Waals surface area contributed by atoms with Crippen molar-refractivity contribution in [2.24, 2.45) is 0 Å². The van der Waals surface area contributed by atoms with Crippen LogP contribution in [0.15, 0.2) is 123 Å². The van der Waals surface area contributed by atoms with Gasteiger partial charge in [-0.05, 0) is 36.7 Å². The van der Waals surface area contributed by atoms with E-state index < -0.39 is 72.8 Å². The van der Waals surface area contributed by atoms with E-state index in [1.54, 1.807) is 31.8 Å². The number of alkyl halides is 10. The van der Waals surface area contributed by atoms with E-state index in [-0.39, 0.29) is 38.5 Å². The maximum absolute atomic E-state index is 10.7. The molecule has 2 unspecified atom stereocenters. The van der Waals surface area contributed by atoms with Gasteiger partial charge in [-0.2, -0.15) is 72.4 Å². The van der Waals surface area contributed by atoms with Gasteiger partial charge in [0.05, 0.1) is 36.8 Å². The van der Waals surface area contributed by atoms with E-state index in [4.69, 9.17) is 61.9 Å². The molecule has 0 amide bonds. The zero-order chi connectivity index (χ0) is 70.1. The predicted octanol–water partition coefficient (Wildman–Crippen LogP) is 8.49. The number of nitro groups is 1. The van der Waals surface area contributed by atoms with E-state index in [0.717, 1.165) is 23.0 Å². The summed E-state index contributed by atoms with van der Waals surface area (Å²) in [6, 6.07) is 32.1. The number of nitrogens with zero attached hydrogens (tertiary/aromatic N) is 10. The molecular formula is C43H58BClF9I2N15O11PS3-2. The number of nitriles is 2. The van der Waals surface area contributed by atoms with Gasteiger partial charge in [0.2, 0.25) is 6.33 Å². The Kier molecular flexibility index (Phi) is 47.5. The monoisotopic (exact) mass is 1570 g/mol. The molecule has 4 aromatic heterocycles. The average molecular weight is 1570 g/mol. The molecule has 1 aliphatic rings. The summed E-state index contributed by atoms with van der Waals surface area (Å²) < 4.78 is 210.